The van der Waals surface area contributed by atoms with E-state index in [-0.39, 0.29) is 0 Å². The standard InChI is InChI=1S/C19H23NO2/c1-5-21-18-10-9-16(12-19(18)22-6-2)13-20-17-11-14(3)7-8-15(17)4/h7-13H,5-6H2,1-4H3. The van der Waals surface area contributed by atoms with Crippen LogP contribution < -0.4 is 9.47 Å². The monoisotopic (exact) mass is 297 g/mol. The Morgan fingerprint density at radius 3 is 2.36 bits per heavy atom. The zero-order valence-corrected chi connectivity index (χ0v) is 13.7. The maximum Gasteiger partial charge on any atom is 0.161 e. The van der Waals surface area contributed by atoms with Gasteiger partial charge in [0.25, 0.3) is 0 Å². The summed E-state index contributed by atoms with van der Waals surface area (Å²) in [5, 5.41) is 0. The highest BCUT2D eigenvalue weighted by Crippen LogP contribution is 2.28. The second kappa shape index (κ2) is 7.64. The average Bonchev–Trinajstić information content (AvgIpc) is 2.51. The molecule has 2 rings (SSSR count). The minimum absolute atomic E-state index is 0.609. The van der Waals surface area contributed by atoms with Gasteiger partial charge in [-0.25, -0.2) is 0 Å². The summed E-state index contributed by atoms with van der Waals surface area (Å²) < 4.78 is 11.2. The summed E-state index contributed by atoms with van der Waals surface area (Å²) >= 11 is 0. The van der Waals surface area contributed by atoms with Crippen LogP contribution in [-0.4, -0.2) is 19.4 Å². The van der Waals surface area contributed by atoms with Gasteiger partial charge < -0.3 is 9.47 Å². The molecule has 0 amide bonds. The lowest BCUT2D eigenvalue weighted by Gasteiger charge is -2.11. The Kier molecular flexibility index (Phi) is 5.59. The summed E-state index contributed by atoms with van der Waals surface area (Å²) in [4.78, 5) is 4.59. The molecule has 22 heavy (non-hydrogen) atoms. The molecule has 3 heteroatoms. The lowest BCUT2D eigenvalue weighted by Crippen LogP contribution is -1.99. The third-order valence-corrected chi connectivity index (χ3v) is 3.28. The Hall–Kier alpha value is -2.29. The predicted octanol–water partition coefficient (Wildman–Crippen LogP) is 4.85. The average molecular weight is 297 g/mol. The number of nitrogens with zero attached hydrogens (tertiary/aromatic N) is 1. The zero-order valence-electron chi connectivity index (χ0n) is 13.7. The van der Waals surface area contributed by atoms with Gasteiger partial charge >= 0.3 is 0 Å². The molecule has 0 N–H and O–H groups in total. The van der Waals surface area contributed by atoms with Crippen LogP contribution in [0.3, 0.4) is 0 Å². The lowest BCUT2D eigenvalue weighted by molar-refractivity contribution is 0.288. The first-order valence-electron chi connectivity index (χ1n) is 7.65. The van der Waals surface area contributed by atoms with Gasteiger partial charge in [-0.3, -0.25) is 4.99 Å². The minimum atomic E-state index is 0.609. The normalized spacial score (nSPS) is 10.9. The van der Waals surface area contributed by atoms with Gasteiger partial charge in [0.1, 0.15) is 0 Å². The van der Waals surface area contributed by atoms with Crippen molar-refractivity contribution in [2.75, 3.05) is 13.2 Å². The molecule has 0 heterocycles. The van der Waals surface area contributed by atoms with E-state index in [9.17, 15) is 0 Å². The molecule has 2 aromatic carbocycles. The quantitative estimate of drug-likeness (QED) is 0.713. The topological polar surface area (TPSA) is 30.8 Å². The van der Waals surface area contributed by atoms with Crippen LogP contribution >= 0.6 is 0 Å². The number of rotatable bonds is 6. The molecule has 0 bridgehead atoms. The first-order valence-corrected chi connectivity index (χ1v) is 7.65. The lowest BCUT2D eigenvalue weighted by atomic mass is 10.1. The van der Waals surface area contributed by atoms with Gasteiger partial charge in [0.15, 0.2) is 11.5 Å². The van der Waals surface area contributed by atoms with E-state index >= 15 is 0 Å². The highest BCUT2D eigenvalue weighted by Gasteiger charge is 2.05. The fourth-order valence-electron chi connectivity index (χ4n) is 2.15. The van der Waals surface area contributed by atoms with E-state index in [1.54, 1.807) is 0 Å². The van der Waals surface area contributed by atoms with Crippen LogP contribution in [0.15, 0.2) is 41.4 Å². The molecule has 0 aromatic heterocycles. The van der Waals surface area contributed by atoms with Gasteiger partial charge in [-0.05, 0) is 68.7 Å². The largest absolute Gasteiger partial charge is 0.490 e. The van der Waals surface area contributed by atoms with Crippen molar-refractivity contribution in [1.82, 2.24) is 0 Å². The van der Waals surface area contributed by atoms with Gasteiger partial charge in [-0.15, -0.1) is 0 Å². The van der Waals surface area contributed by atoms with E-state index in [0.717, 1.165) is 28.3 Å². The molecule has 0 radical (unpaired) electrons. The maximum absolute atomic E-state index is 5.64. The van der Waals surface area contributed by atoms with Crippen molar-refractivity contribution < 1.29 is 9.47 Å². The number of aryl methyl sites for hydroxylation is 2. The predicted molar refractivity (Wildman–Crippen MR) is 92.0 cm³/mol. The molecule has 0 atom stereocenters. The van der Waals surface area contributed by atoms with Crippen LogP contribution in [-0.2, 0) is 0 Å². The Labute approximate surface area is 132 Å². The van der Waals surface area contributed by atoms with Crippen molar-refractivity contribution in [2.45, 2.75) is 27.7 Å². The van der Waals surface area contributed by atoms with Crippen LogP contribution in [0.5, 0.6) is 11.5 Å². The summed E-state index contributed by atoms with van der Waals surface area (Å²) in [6.45, 7) is 9.30. The van der Waals surface area contributed by atoms with Gasteiger partial charge in [-0.1, -0.05) is 12.1 Å². The Morgan fingerprint density at radius 1 is 0.909 bits per heavy atom. The molecule has 0 aliphatic carbocycles. The summed E-state index contributed by atoms with van der Waals surface area (Å²) in [6, 6.07) is 12.2. The van der Waals surface area contributed by atoms with Crippen LogP contribution in [0.4, 0.5) is 5.69 Å². The Bertz CT molecular complexity index is 662. The third-order valence-electron chi connectivity index (χ3n) is 3.28. The first-order chi connectivity index (χ1) is 10.6. The van der Waals surface area contributed by atoms with Crippen LogP contribution in [0, 0.1) is 13.8 Å². The molecule has 0 fully saturated rings. The SMILES string of the molecule is CCOc1ccc(C=Nc2cc(C)ccc2C)cc1OCC. The van der Waals surface area contributed by atoms with Crippen molar-refractivity contribution in [3.63, 3.8) is 0 Å². The smallest absolute Gasteiger partial charge is 0.161 e. The van der Waals surface area contributed by atoms with Crippen molar-refractivity contribution in [1.29, 1.82) is 0 Å². The number of hydrogen-bond donors (Lipinski definition) is 0. The minimum Gasteiger partial charge on any atom is -0.490 e. The number of hydrogen-bond acceptors (Lipinski definition) is 3. The summed E-state index contributed by atoms with van der Waals surface area (Å²) in [5.41, 5.74) is 4.36. The highest BCUT2D eigenvalue weighted by molar-refractivity contribution is 5.83. The summed E-state index contributed by atoms with van der Waals surface area (Å²) in [7, 11) is 0. The third kappa shape index (κ3) is 4.10. The van der Waals surface area contributed by atoms with Gasteiger partial charge in [0, 0.05) is 6.21 Å². The number of aliphatic imine (C=N–C) groups is 1. The number of benzene rings is 2. The fraction of sp³-hybridized carbons (Fsp3) is 0.316. The molecule has 0 aliphatic heterocycles. The second-order valence-electron chi connectivity index (χ2n) is 5.12. The zero-order chi connectivity index (χ0) is 15.9. The van der Waals surface area contributed by atoms with Gasteiger partial charge in [0.05, 0.1) is 18.9 Å². The molecule has 0 saturated heterocycles. The first kappa shape index (κ1) is 16.1. The van der Waals surface area contributed by atoms with E-state index in [1.807, 2.05) is 38.3 Å². The maximum atomic E-state index is 5.64. The van der Waals surface area contributed by atoms with Gasteiger partial charge in [-0.2, -0.15) is 0 Å². The van der Waals surface area contributed by atoms with Crippen molar-refractivity contribution >= 4 is 11.9 Å². The number of ether oxygens (including phenoxy) is 2. The van der Waals surface area contributed by atoms with E-state index < -0.39 is 0 Å². The van der Waals surface area contributed by atoms with Crippen molar-refractivity contribution in [3.05, 3.63) is 53.1 Å². The molecular formula is C19H23NO2. The summed E-state index contributed by atoms with van der Waals surface area (Å²) in [6.07, 6.45) is 1.86. The Morgan fingerprint density at radius 2 is 1.64 bits per heavy atom. The molecular weight excluding hydrogens is 274 g/mol. The molecule has 0 unspecified atom stereocenters. The van der Waals surface area contributed by atoms with E-state index in [4.69, 9.17) is 9.47 Å². The van der Waals surface area contributed by atoms with Crippen molar-refractivity contribution in [2.24, 2.45) is 4.99 Å². The van der Waals surface area contributed by atoms with Gasteiger partial charge in [0.2, 0.25) is 0 Å². The molecule has 0 spiro atoms. The Balaban J connectivity index is 2.27. The molecule has 116 valence electrons. The molecule has 3 nitrogen and oxygen atoms in total. The summed E-state index contributed by atoms with van der Waals surface area (Å²) in [5.74, 6) is 1.53. The van der Waals surface area contributed by atoms with E-state index in [0.29, 0.717) is 13.2 Å². The second-order valence-corrected chi connectivity index (χ2v) is 5.12. The molecule has 0 aliphatic rings. The van der Waals surface area contributed by atoms with Crippen LogP contribution in [0.25, 0.3) is 0 Å². The van der Waals surface area contributed by atoms with E-state index in [2.05, 4.69) is 37.0 Å². The fourth-order valence-corrected chi connectivity index (χ4v) is 2.15. The van der Waals surface area contributed by atoms with Crippen LogP contribution in [0.1, 0.15) is 30.5 Å². The van der Waals surface area contributed by atoms with Crippen molar-refractivity contribution in [3.8, 4) is 11.5 Å². The van der Waals surface area contributed by atoms with Crippen LogP contribution in [0.2, 0.25) is 0 Å². The highest BCUT2D eigenvalue weighted by atomic mass is 16.5. The molecule has 0 saturated carbocycles. The molecule has 2 aromatic rings. The van der Waals surface area contributed by atoms with E-state index in [1.165, 1.54) is 5.56 Å².